The first-order valence-corrected chi connectivity index (χ1v) is 3.96. The van der Waals surface area contributed by atoms with Crippen molar-refractivity contribution in [3.63, 3.8) is 0 Å². The van der Waals surface area contributed by atoms with Gasteiger partial charge in [0.25, 0.3) is 0 Å². The topological polar surface area (TPSA) is 76.7 Å². The van der Waals surface area contributed by atoms with Crippen LogP contribution in [0, 0.1) is 0 Å². The van der Waals surface area contributed by atoms with Crippen LogP contribution >= 0.6 is 15.9 Å². The molecule has 6 heteroatoms. The average molecular weight is 249 g/mol. The van der Waals surface area contributed by atoms with Crippen molar-refractivity contribution < 1.29 is 23.8 Å². The minimum atomic E-state index is -1.24. The number of rotatable bonds is 2. The van der Waals surface area contributed by atoms with E-state index in [9.17, 15) is 9.59 Å². The van der Waals surface area contributed by atoms with Crippen molar-refractivity contribution in [3.8, 4) is 0 Å². The van der Waals surface area contributed by atoms with Crippen LogP contribution in [0.25, 0.3) is 0 Å². The van der Waals surface area contributed by atoms with Crippen LogP contribution in [0.15, 0.2) is 15.2 Å². The molecule has 5 nitrogen and oxygen atoms in total. The highest BCUT2D eigenvalue weighted by Gasteiger charge is 2.19. The molecule has 1 heterocycles. The summed E-state index contributed by atoms with van der Waals surface area (Å²) in [6.45, 7) is 0. The quantitative estimate of drug-likeness (QED) is 0.804. The highest BCUT2D eigenvalue weighted by atomic mass is 79.9. The maximum Gasteiger partial charge on any atom is 0.371 e. The Morgan fingerprint density at radius 1 is 1.62 bits per heavy atom. The van der Waals surface area contributed by atoms with E-state index >= 15 is 0 Å². The van der Waals surface area contributed by atoms with Crippen molar-refractivity contribution in [2.45, 2.75) is 0 Å². The van der Waals surface area contributed by atoms with Gasteiger partial charge in [-0.25, -0.2) is 9.59 Å². The molecule has 0 atom stereocenters. The monoisotopic (exact) mass is 248 g/mol. The van der Waals surface area contributed by atoms with E-state index in [2.05, 4.69) is 20.7 Å². The molecule has 0 bridgehead atoms. The fraction of sp³-hybridized carbons (Fsp3) is 0.143. The van der Waals surface area contributed by atoms with Gasteiger partial charge in [0, 0.05) is 6.07 Å². The number of halogens is 1. The predicted octanol–water partition coefficient (Wildman–Crippen LogP) is 1.53. The highest BCUT2D eigenvalue weighted by Crippen LogP contribution is 2.22. The van der Waals surface area contributed by atoms with E-state index < -0.39 is 11.9 Å². The van der Waals surface area contributed by atoms with Crippen LogP contribution in [0.2, 0.25) is 0 Å². The molecule has 0 unspecified atom stereocenters. The largest absolute Gasteiger partial charge is 0.475 e. The Morgan fingerprint density at radius 3 is 2.62 bits per heavy atom. The zero-order valence-corrected chi connectivity index (χ0v) is 8.12. The Hall–Kier alpha value is -1.30. The molecule has 0 saturated heterocycles. The van der Waals surface area contributed by atoms with E-state index in [1.807, 2.05) is 0 Å². The van der Waals surface area contributed by atoms with Crippen LogP contribution in [-0.4, -0.2) is 24.2 Å². The summed E-state index contributed by atoms with van der Waals surface area (Å²) in [6, 6.07) is 1.10. The summed E-state index contributed by atoms with van der Waals surface area (Å²) in [7, 11) is 1.20. The lowest BCUT2D eigenvalue weighted by Gasteiger charge is -1.92. The van der Waals surface area contributed by atoms with Gasteiger partial charge >= 0.3 is 11.9 Å². The molecule has 0 spiro atoms. The van der Waals surface area contributed by atoms with Gasteiger partial charge in [0.1, 0.15) is 5.56 Å². The SMILES string of the molecule is COC(=O)c1cc(C(=O)O)oc1Br. The third-order valence-electron chi connectivity index (χ3n) is 1.30. The van der Waals surface area contributed by atoms with Crippen LogP contribution in [0.4, 0.5) is 0 Å². The standard InChI is InChI=1S/C7H5BrO5/c1-12-7(11)3-2-4(6(9)10)13-5(3)8/h2H,1H3,(H,9,10). The van der Waals surface area contributed by atoms with E-state index in [0.717, 1.165) is 6.07 Å². The van der Waals surface area contributed by atoms with Crippen molar-refractivity contribution in [1.82, 2.24) is 0 Å². The molecular formula is C7H5BrO5. The number of hydrogen-bond acceptors (Lipinski definition) is 4. The molecule has 0 aliphatic rings. The number of carboxylic acids is 1. The summed E-state index contributed by atoms with van der Waals surface area (Å²) in [5, 5.41) is 8.51. The Morgan fingerprint density at radius 2 is 2.23 bits per heavy atom. The van der Waals surface area contributed by atoms with Gasteiger partial charge in [0.15, 0.2) is 4.67 Å². The number of carbonyl (C=O) groups is 2. The highest BCUT2D eigenvalue weighted by molar-refractivity contribution is 9.10. The van der Waals surface area contributed by atoms with Gasteiger partial charge < -0.3 is 14.3 Å². The number of ether oxygens (including phenoxy) is 1. The van der Waals surface area contributed by atoms with Gasteiger partial charge in [-0.15, -0.1) is 0 Å². The molecule has 0 aliphatic carbocycles. The first-order chi connectivity index (χ1) is 6.06. The molecule has 0 fully saturated rings. The van der Waals surface area contributed by atoms with E-state index in [1.165, 1.54) is 7.11 Å². The molecule has 1 rings (SSSR count). The minimum absolute atomic E-state index is 0.0525. The van der Waals surface area contributed by atoms with Crippen LogP contribution in [0.3, 0.4) is 0 Å². The number of carboxylic acid groups (broad SMARTS) is 1. The number of methoxy groups -OCH3 is 1. The number of carbonyl (C=O) groups excluding carboxylic acids is 1. The van der Waals surface area contributed by atoms with Gasteiger partial charge in [0.05, 0.1) is 7.11 Å². The molecule has 1 N–H and O–H groups in total. The summed E-state index contributed by atoms with van der Waals surface area (Å²) in [6.07, 6.45) is 0. The average Bonchev–Trinajstić information content (AvgIpc) is 2.46. The summed E-state index contributed by atoms with van der Waals surface area (Å²) in [5.41, 5.74) is 0.0555. The van der Waals surface area contributed by atoms with Gasteiger partial charge in [-0.1, -0.05) is 0 Å². The number of furan rings is 1. The number of aromatic carboxylic acids is 1. The van der Waals surface area contributed by atoms with Crippen molar-refractivity contribution in [2.24, 2.45) is 0 Å². The van der Waals surface area contributed by atoms with Crippen LogP contribution in [-0.2, 0) is 4.74 Å². The Labute approximate surface area is 81.4 Å². The second-order valence-corrected chi connectivity index (χ2v) is 2.82. The van der Waals surface area contributed by atoms with E-state index in [-0.39, 0.29) is 16.0 Å². The molecule has 70 valence electrons. The fourth-order valence-corrected chi connectivity index (χ4v) is 1.17. The third-order valence-corrected chi connectivity index (χ3v) is 1.89. The summed E-state index contributed by atoms with van der Waals surface area (Å²) in [5.74, 6) is -2.20. The normalized spacial score (nSPS) is 9.69. The molecule has 0 saturated carbocycles. The molecule has 0 amide bonds. The van der Waals surface area contributed by atoms with Crippen molar-refractivity contribution >= 4 is 27.9 Å². The molecule has 1 aromatic heterocycles. The first kappa shape index (κ1) is 9.79. The predicted molar refractivity (Wildman–Crippen MR) is 44.7 cm³/mol. The zero-order valence-electron chi connectivity index (χ0n) is 6.54. The molecule has 0 radical (unpaired) electrons. The smallest absolute Gasteiger partial charge is 0.371 e. The van der Waals surface area contributed by atoms with E-state index in [0.29, 0.717) is 0 Å². The van der Waals surface area contributed by atoms with Crippen molar-refractivity contribution in [3.05, 3.63) is 22.1 Å². The summed E-state index contributed by atoms with van der Waals surface area (Å²) in [4.78, 5) is 21.4. The third kappa shape index (κ3) is 1.89. The summed E-state index contributed by atoms with van der Waals surface area (Å²) >= 11 is 2.90. The van der Waals surface area contributed by atoms with Gasteiger partial charge in [-0.2, -0.15) is 0 Å². The maximum atomic E-state index is 11.0. The first-order valence-electron chi connectivity index (χ1n) is 3.17. The molecule has 0 aliphatic heterocycles. The minimum Gasteiger partial charge on any atom is -0.475 e. The lowest BCUT2D eigenvalue weighted by atomic mass is 10.3. The number of hydrogen-bond donors (Lipinski definition) is 1. The van der Waals surface area contributed by atoms with E-state index in [1.54, 1.807) is 0 Å². The maximum absolute atomic E-state index is 11.0. The molecule has 0 aromatic carbocycles. The zero-order chi connectivity index (χ0) is 10.0. The fourth-order valence-electron chi connectivity index (χ4n) is 0.723. The van der Waals surface area contributed by atoms with Gasteiger partial charge in [-0.05, 0) is 15.9 Å². The van der Waals surface area contributed by atoms with Gasteiger partial charge in [0.2, 0.25) is 5.76 Å². The van der Waals surface area contributed by atoms with Crippen LogP contribution < -0.4 is 0 Å². The Bertz CT molecular complexity index is 354. The Balaban J connectivity index is 3.10. The van der Waals surface area contributed by atoms with Crippen molar-refractivity contribution in [1.29, 1.82) is 0 Å². The second kappa shape index (κ2) is 3.61. The van der Waals surface area contributed by atoms with Crippen LogP contribution in [0.1, 0.15) is 20.9 Å². The number of esters is 1. The van der Waals surface area contributed by atoms with Crippen molar-refractivity contribution in [2.75, 3.05) is 7.11 Å². The van der Waals surface area contributed by atoms with Gasteiger partial charge in [-0.3, -0.25) is 0 Å². The lowest BCUT2D eigenvalue weighted by molar-refractivity contribution is 0.0596. The second-order valence-electron chi connectivity index (χ2n) is 2.09. The Kier molecular flexibility index (Phi) is 2.72. The summed E-state index contributed by atoms with van der Waals surface area (Å²) < 4.78 is 9.16. The molecule has 1 aromatic rings. The lowest BCUT2D eigenvalue weighted by Crippen LogP contribution is -2.00. The van der Waals surface area contributed by atoms with E-state index in [4.69, 9.17) is 9.52 Å². The molecular weight excluding hydrogens is 244 g/mol. The van der Waals surface area contributed by atoms with Crippen LogP contribution in [0.5, 0.6) is 0 Å². The molecule has 13 heavy (non-hydrogen) atoms.